The van der Waals surface area contributed by atoms with Gasteiger partial charge >= 0.3 is 0 Å². The molecule has 6 nitrogen and oxygen atoms in total. The lowest BCUT2D eigenvalue weighted by Gasteiger charge is -2.12. The Balaban J connectivity index is 0.00000400. The number of likely N-dealkylation sites (N-methyl/N-ethyl adjacent to an activating group) is 1. The number of carbonyl (C=O) groups excluding carboxylic acids is 2. The monoisotopic (exact) mass is 315 g/mol. The Morgan fingerprint density at radius 3 is 2.62 bits per heavy atom. The first-order valence-corrected chi connectivity index (χ1v) is 6.35. The van der Waals surface area contributed by atoms with Crippen molar-refractivity contribution >= 4 is 24.2 Å². The van der Waals surface area contributed by atoms with E-state index in [1.54, 1.807) is 33.2 Å². The third kappa shape index (κ3) is 6.97. The van der Waals surface area contributed by atoms with Gasteiger partial charge in [0.05, 0.1) is 6.04 Å². The van der Waals surface area contributed by atoms with Gasteiger partial charge in [-0.2, -0.15) is 0 Å². The fourth-order valence-corrected chi connectivity index (χ4v) is 1.37. The van der Waals surface area contributed by atoms with Crippen LogP contribution in [0.15, 0.2) is 24.3 Å². The van der Waals surface area contributed by atoms with Gasteiger partial charge in [0.15, 0.2) is 6.61 Å². The SMILES string of the molecule is C[C@@H](N)C(=O)NCc1cccc(OCC(=O)N(C)C)c1.Cl. The van der Waals surface area contributed by atoms with Gasteiger partial charge in [0, 0.05) is 20.6 Å². The van der Waals surface area contributed by atoms with Gasteiger partial charge < -0.3 is 20.7 Å². The Kier molecular flexibility index (Phi) is 8.42. The van der Waals surface area contributed by atoms with Gasteiger partial charge in [-0.3, -0.25) is 9.59 Å². The van der Waals surface area contributed by atoms with Gasteiger partial charge in [-0.1, -0.05) is 12.1 Å². The summed E-state index contributed by atoms with van der Waals surface area (Å²) in [5.74, 6) is 0.271. The topological polar surface area (TPSA) is 84.7 Å². The van der Waals surface area contributed by atoms with Crippen LogP contribution in [0.25, 0.3) is 0 Å². The number of nitrogens with zero attached hydrogens (tertiary/aromatic N) is 1. The van der Waals surface area contributed by atoms with E-state index in [4.69, 9.17) is 10.5 Å². The predicted octanol–water partition coefficient (Wildman–Crippen LogP) is 0.539. The first-order chi connectivity index (χ1) is 9.40. The molecule has 0 aliphatic carbocycles. The summed E-state index contributed by atoms with van der Waals surface area (Å²) in [6.07, 6.45) is 0. The van der Waals surface area contributed by atoms with Crippen LogP contribution >= 0.6 is 12.4 Å². The van der Waals surface area contributed by atoms with Crippen molar-refractivity contribution in [3.63, 3.8) is 0 Å². The minimum absolute atomic E-state index is 0. The van der Waals surface area contributed by atoms with Gasteiger partial charge in [0.2, 0.25) is 5.91 Å². The summed E-state index contributed by atoms with van der Waals surface area (Å²) in [6.45, 7) is 1.99. The number of rotatable bonds is 6. The Morgan fingerprint density at radius 2 is 2.05 bits per heavy atom. The van der Waals surface area contributed by atoms with Crippen molar-refractivity contribution in [2.75, 3.05) is 20.7 Å². The van der Waals surface area contributed by atoms with Crippen LogP contribution < -0.4 is 15.8 Å². The number of benzene rings is 1. The van der Waals surface area contributed by atoms with E-state index in [9.17, 15) is 9.59 Å². The number of carbonyl (C=O) groups is 2. The lowest BCUT2D eigenvalue weighted by Crippen LogP contribution is -2.37. The van der Waals surface area contributed by atoms with Crippen LogP contribution in [0.4, 0.5) is 0 Å². The summed E-state index contributed by atoms with van der Waals surface area (Å²) in [5, 5.41) is 2.71. The normalized spacial score (nSPS) is 11.0. The number of ether oxygens (including phenoxy) is 1. The van der Waals surface area contributed by atoms with E-state index in [0.29, 0.717) is 12.3 Å². The number of nitrogens with one attached hydrogen (secondary N) is 1. The second-order valence-electron chi connectivity index (χ2n) is 4.73. The van der Waals surface area contributed by atoms with Crippen LogP contribution in [-0.4, -0.2) is 43.5 Å². The summed E-state index contributed by atoms with van der Waals surface area (Å²) >= 11 is 0. The molecule has 0 fully saturated rings. The molecule has 1 rings (SSSR count). The van der Waals surface area contributed by atoms with Gasteiger partial charge in [-0.15, -0.1) is 12.4 Å². The van der Waals surface area contributed by atoms with Crippen LogP contribution in [0, 0.1) is 0 Å². The van der Waals surface area contributed by atoms with E-state index >= 15 is 0 Å². The quantitative estimate of drug-likeness (QED) is 0.802. The summed E-state index contributed by atoms with van der Waals surface area (Å²) in [5.41, 5.74) is 6.34. The van der Waals surface area contributed by atoms with E-state index in [1.165, 1.54) is 4.90 Å². The Morgan fingerprint density at radius 1 is 1.38 bits per heavy atom. The molecule has 0 aromatic heterocycles. The summed E-state index contributed by atoms with van der Waals surface area (Å²) < 4.78 is 5.40. The maximum atomic E-state index is 11.4. The molecule has 0 radical (unpaired) electrons. The zero-order valence-corrected chi connectivity index (χ0v) is 13.3. The molecule has 0 saturated carbocycles. The third-order valence-corrected chi connectivity index (χ3v) is 2.64. The van der Waals surface area contributed by atoms with Crippen LogP contribution in [0.2, 0.25) is 0 Å². The third-order valence-electron chi connectivity index (χ3n) is 2.64. The van der Waals surface area contributed by atoms with Crippen LogP contribution in [0.1, 0.15) is 12.5 Å². The number of hydrogen-bond donors (Lipinski definition) is 2. The number of hydrogen-bond acceptors (Lipinski definition) is 4. The molecule has 2 amide bonds. The van der Waals surface area contributed by atoms with Crippen molar-refractivity contribution in [1.82, 2.24) is 10.2 Å². The first-order valence-electron chi connectivity index (χ1n) is 6.35. The standard InChI is InChI=1S/C14H21N3O3.ClH/c1-10(15)14(19)16-8-11-5-4-6-12(7-11)20-9-13(18)17(2)3;/h4-7,10H,8-9,15H2,1-3H3,(H,16,19);1H/t10-;/m1./s1. The van der Waals surface area contributed by atoms with Crippen LogP contribution in [0.3, 0.4) is 0 Å². The Labute approximate surface area is 131 Å². The van der Waals surface area contributed by atoms with Gasteiger partial charge in [0.25, 0.3) is 5.91 Å². The van der Waals surface area contributed by atoms with Gasteiger partial charge in [-0.25, -0.2) is 0 Å². The van der Waals surface area contributed by atoms with E-state index in [-0.39, 0.29) is 30.8 Å². The molecule has 21 heavy (non-hydrogen) atoms. The lowest BCUT2D eigenvalue weighted by atomic mass is 10.2. The molecule has 0 bridgehead atoms. The summed E-state index contributed by atoms with van der Waals surface area (Å²) in [7, 11) is 3.34. The van der Waals surface area contributed by atoms with Crippen molar-refractivity contribution in [2.45, 2.75) is 19.5 Å². The smallest absolute Gasteiger partial charge is 0.259 e. The predicted molar refractivity (Wildman–Crippen MR) is 83.4 cm³/mol. The second-order valence-corrected chi connectivity index (χ2v) is 4.73. The van der Waals surface area contributed by atoms with Gasteiger partial charge in [-0.05, 0) is 24.6 Å². The summed E-state index contributed by atoms with van der Waals surface area (Å²) in [6, 6.07) is 6.68. The molecule has 1 aromatic carbocycles. The Bertz CT molecular complexity index is 439. The maximum Gasteiger partial charge on any atom is 0.259 e. The molecule has 1 atom stereocenters. The molecule has 118 valence electrons. The number of amides is 2. The van der Waals surface area contributed by atoms with Crippen molar-refractivity contribution in [3.8, 4) is 5.75 Å². The zero-order valence-electron chi connectivity index (χ0n) is 12.5. The molecule has 0 unspecified atom stereocenters. The highest BCUT2D eigenvalue weighted by Gasteiger charge is 2.07. The highest BCUT2D eigenvalue weighted by atomic mass is 35.5. The van der Waals surface area contributed by atoms with Gasteiger partial charge in [0.1, 0.15) is 5.75 Å². The minimum Gasteiger partial charge on any atom is -0.484 e. The number of nitrogens with two attached hydrogens (primary N) is 1. The molecule has 0 heterocycles. The summed E-state index contributed by atoms with van der Waals surface area (Å²) in [4.78, 5) is 24.3. The molecule has 0 aliphatic rings. The lowest BCUT2D eigenvalue weighted by molar-refractivity contribution is -0.130. The largest absolute Gasteiger partial charge is 0.484 e. The van der Waals surface area contributed by atoms with E-state index in [1.807, 2.05) is 12.1 Å². The van der Waals surface area contributed by atoms with Crippen molar-refractivity contribution in [2.24, 2.45) is 5.73 Å². The van der Waals surface area contributed by atoms with E-state index in [2.05, 4.69) is 5.32 Å². The Hall–Kier alpha value is -1.79. The average Bonchev–Trinajstić information content (AvgIpc) is 2.42. The molecule has 0 spiro atoms. The maximum absolute atomic E-state index is 11.4. The van der Waals surface area contributed by atoms with Crippen LogP contribution in [-0.2, 0) is 16.1 Å². The molecule has 0 aliphatic heterocycles. The first kappa shape index (κ1) is 19.2. The molecule has 7 heteroatoms. The highest BCUT2D eigenvalue weighted by Crippen LogP contribution is 2.13. The van der Waals surface area contributed by atoms with Crippen molar-refractivity contribution < 1.29 is 14.3 Å². The fourth-order valence-electron chi connectivity index (χ4n) is 1.37. The molecule has 0 saturated heterocycles. The molecule has 1 aromatic rings. The molecular formula is C14H22ClN3O3. The average molecular weight is 316 g/mol. The molecular weight excluding hydrogens is 294 g/mol. The number of halogens is 1. The van der Waals surface area contributed by atoms with Crippen molar-refractivity contribution in [1.29, 1.82) is 0 Å². The van der Waals surface area contributed by atoms with Crippen LogP contribution in [0.5, 0.6) is 5.75 Å². The van der Waals surface area contributed by atoms with Crippen molar-refractivity contribution in [3.05, 3.63) is 29.8 Å². The second kappa shape index (κ2) is 9.20. The van der Waals surface area contributed by atoms with E-state index < -0.39 is 6.04 Å². The highest BCUT2D eigenvalue weighted by molar-refractivity contribution is 5.85. The fraction of sp³-hybridized carbons (Fsp3) is 0.429. The zero-order chi connectivity index (χ0) is 15.1. The van der Waals surface area contributed by atoms with E-state index in [0.717, 1.165) is 5.56 Å². The minimum atomic E-state index is -0.535. The molecule has 3 N–H and O–H groups in total.